The van der Waals surface area contributed by atoms with Gasteiger partial charge in [-0.1, -0.05) is 18.5 Å². The number of hydrogen-bond acceptors (Lipinski definition) is 8. The summed E-state index contributed by atoms with van der Waals surface area (Å²) in [4.78, 5) is 19.1. The molecular weight excluding hydrogens is 594 g/mol. The molecule has 0 bridgehead atoms. The number of carbonyl (C=O) groups is 1. The largest absolute Gasteiger partial charge is 0.488 e. The van der Waals surface area contributed by atoms with Gasteiger partial charge in [0.1, 0.15) is 11.9 Å². The Morgan fingerprint density at radius 3 is 2.49 bits per heavy atom. The number of rotatable bonds is 9. The Morgan fingerprint density at radius 1 is 1.20 bits per heavy atom. The van der Waals surface area contributed by atoms with E-state index in [-0.39, 0.29) is 52.5 Å². The van der Waals surface area contributed by atoms with Crippen LogP contribution in [0.3, 0.4) is 0 Å². The SMILES string of the molecule is C[C@H]1CN([C@@H](C)CO)C(=O)c2cc(NS(=O)(=O)c3cn(C)cn3)ccc2O[C@H]1CN(C)S(=O)(=O)c1ccc(Cl)cc1. The number of aliphatic hydroxyl groups is 1. The molecule has 41 heavy (non-hydrogen) atoms. The topological polar surface area (TPSA) is 151 Å². The van der Waals surface area contributed by atoms with Crippen LogP contribution < -0.4 is 9.46 Å². The number of benzene rings is 2. The summed E-state index contributed by atoms with van der Waals surface area (Å²) in [6.45, 7) is 3.32. The van der Waals surface area contributed by atoms with Crippen LogP contribution >= 0.6 is 11.6 Å². The number of aryl methyl sites for hydroxylation is 1. The zero-order chi connectivity index (χ0) is 30.1. The molecule has 2 heterocycles. The molecule has 3 atom stereocenters. The van der Waals surface area contributed by atoms with Crippen LogP contribution in [-0.4, -0.2) is 85.5 Å². The van der Waals surface area contributed by atoms with E-state index >= 15 is 0 Å². The number of fused-ring (bicyclic) bond motifs is 1. The Morgan fingerprint density at radius 2 is 1.88 bits per heavy atom. The van der Waals surface area contributed by atoms with Gasteiger partial charge in [0.05, 0.1) is 36.0 Å². The van der Waals surface area contributed by atoms with E-state index < -0.39 is 38.1 Å². The summed E-state index contributed by atoms with van der Waals surface area (Å²) in [5.74, 6) is -0.654. The zero-order valence-corrected chi connectivity index (χ0v) is 25.3. The molecule has 1 aliphatic heterocycles. The van der Waals surface area contributed by atoms with Crippen LogP contribution in [0.4, 0.5) is 5.69 Å². The normalized spacial score (nSPS) is 18.8. The lowest BCUT2D eigenvalue weighted by Crippen LogP contribution is -2.50. The molecule has 0 saturated carbocycles. The minimum atomic E-state index is -4.04. The zero-order valence-electron chi connectivity index (χ0n) is 22.9. The third-order valence-corrected chi connectivity index (χ3v) is 10.2. The van der Waals surface area contributed by atoms with Crippen molar-refractivity contribution in [3.63, 3.8) is 0 Å². The molecule has 2 N–H and O–H groups in total. The molecule has 0 saturated heterocycles. The number of amides is 1. The minimum Gasteiger partial charge on any atom is -0.488 e. The maximum atomic E-state index is 13.7. The van der Waals surface area contributed by atoms with Gasteiger partial charge in [0.15, 0.2) is 5.03 Å². The van der Waals surface area contributed by atoms with Gasteiger partial charge in [-0.05, 0) is 49.4 Å². The molecule has 4 rings (SSSR count). The molecule has 3 aromatic rings. The Kier molecular flexibility index (Phi) is 8.99. The molecule has 0 unspecified atom stereocenters. The number of halogens is 1. The highest BCUT2D eigenvalue weighted by atomic mass is 35.5. The molecule has 1 aliphatic rings. The van der Waals surface area contributed by atoms with E-state index in [1.54, 1.807) is 14.0 Å². The van der Waals surface area contributed by atoms with Crippen molar-refractivity contribution < 1.29 is 31.5 Å². The molecular formula is C26H32ClN5O7S2. The summed E-state index contributed by atoms with van der Waals surface area (Å²) in [6.07, 6.45) is 2.00. The molecule has 0 fully saturated rings. The smallest absolute Gasteiger partial charge is 0.280 e. The maximum absolute atomic E-state index is 13.7. The summed E-state index contributed by atoms with van der Waals surface area (Å²) >= 11 is 5.92. The summed E-state index contributed by atoms with van der Waals surface area (Å²) in [7, 11) is -4.84. The van der Waals surface area contributed by atoms with Gasteiger partial charge >= 0.3 is 0 Å². The van der Waals surface area contributed by atoms with Gasteiger partial charge in [0.2, 0.25) is 10.0 Å². The fraction of sp³-hybridized carbons (Fsp3) is 0.385. The van der Waals surface area contributed by atoms with Crippen molar-refractivity contribution in [1.82, 2.24) is 18.8 Å². The Labute approximate surface area is 244 Å². The van der Waals surface area contributed by atoms with Crippen molar-refractivity contribution in [2.75, 3.05) is 31.5 Å². The molecule has 2 aromatic carbocycles. The third kappa shape index (κ3) is 6.67. The van der Waals surface area contributed by atoms with E-state index in [1.807, 2.05) is 6.92 Å². The van der Waals surface area contributed by atoms with E-state index in [1.165, 1.54) is 75.8 Å². The van der Waals surface area contributed by atoms with Crippen LogP contribution in [0.2, 0.25) is 5.02 Å². The minimum absolute atomic E-state index is 0.0465. The van der Waals surface area contributed by atoms with Crippen molar-refractivity contribution >= 4 is 43.2 Å². The van der Waals surface area contributed by atoms with Crippen LogP contribution in [0.5, 0.6) is 5.75 Å². The molecule has 0 radical (unpaired) electrons. The lowest BCUT2D eigenvalue weighted by Gasteiger charge is -2.38. The van der Waals surface area contributed by atoms with Gasteiger partial charge < -0.3 is 19.3 Å². The number of nitrogens with zero attached hydrogens (tertiary/aromatic N) is 4. The van der Waals surface area contributed by atoms with Crippen LogP contribution in [-0.2, 0) is 27.1 Å². The van der Waals surface area contributed by atoms with Crippen molar-refractivity contribution in [3.05, 3.63) is 65.6 Å². The van der Waals surface area contributed by atoms with Gasteiger partial charge in [-0.15, -0.1) is 0 Å². The fourth-order valence-corrected chi connectivity index (χ4v) is 6.72. The van der Waals surface area contributed by atoms with E-state index in [9.17, 15) is 26.7 Å². The van der Waals surface area contributed by atoms with Gasteiger partial charge in [0, 0.05) is 43.5 Å². The van der Waals surface area contributed by atoms with Crippen molar-refractivity contribution in [1.29, 1.82) is 0 Å². The van der Waals surface area contributed by atoms with Crippen LogP contribution in [0.15, 0.2) is 64.9 Å². The third-order valence-electron chi connectivity index (χ3n) is 6.83. The van der Waals surface area contributed by atoms with E-state index in [0.717, 1.165) is 0 Å². The highest BCUT2D eigenvalue weighted by Gasteiger charge is 2.35. The molecule has 0 spiro atoms. The van der Waals surface area contributed by atoms with Crippen molar-refractivity contribution in [2.45, 2.75) is 35.9 Å². The van der Waals surface area contributed by atoms with Crippen molar-refractivity contribution in [2.24, 2.45) is 13.0 Å². The number of nitrogens with one attached hydrogen (secondary N) is 1. The second-order valence-corrected chi connectivity index (χ2v) is 14.2. The Bertz CT molecular complexity index is 1630. The van der Waals surface area contributed by atoms with Gasteiger partial charge in [-0.3, -0.25) is 9.52 Å². The molecule has 222 valence electrons. The lowest BCUT2D eigenvalue weighted by molar-refractivity contribution is 0.0387. The summed E-state index contributed by atoms with van der Waals surface area (Å²) in [5, 5.41) is 10.1. The first-order valence-corrected chi connectivity index (χ1v) is 16.0. The van der Waals surface area contributed by atoms with Crippen LogP contribution in [0.1, 0.15) is 24.2 Å². The van der Waals surface area contributed by atoms with Gasteiger partial charge in [-0.2, -0.15) is 12.7 Å². The first kappa shape index (κ1) is 30.8. The van der Waals surface area contributed by atoms with Gasteiger partial charge in [-0.25, -0.2) is 13.4 Å². The van der Waals surface area contributed by atoms with Crippen molar-refractivity contribution in [3.8, 4) is 5.75 Å². The molecule has 12 nitrogen and oxygen atoms in total. The highest BCUT2D eigenvalue weighted by molar-refractivity contribution is 7.92. The summed E-state index contributed by atoms with van der Waals surface area (Å²) in [5.41, 5.74) is 0.169. The Hall–Kier alpha value is -3.17. The lowest BCUT2D eigenvalue weighted by atomic mass is 9.99. The highest BCUT2D eigenvalue weighted by Crippen LogP contribution is 2.32. The molecule has 1 aromatic heterocycles. The second-order valence-electron chi connectivity index (χ2n) is 10.1. The maximum Gasteiger partial charge on any atom is 0.280 e. The number of aliphatic hydroxyl groups excluding tert-OH is 1. The fourth-order valence-electron chi connectivity index (χ4n) is 4.38. The number of likely N-dealkylation sites (N-methyl/N-ethyl adjacent to an activating group) is 1. The van der Waals surface area contributed by atoms with Gasteiger partial charge in [0.25, 0.3) is 15.9 Å². The first-order chi connectivity index (χ1) is 19.2. The number of ether oxygens (including phenoxy) is 1. The van der Waals surface area contributed by atoms with E-state index in [0.29, 0.717) is 5.02 Å². The molecule has 0 aliphatic carbocycles. The van der Waals surface area contributed by atoms with Crippen LogP contribution in [0, 0.1) is 5.92 Å². The van der Waals surface area contributed by atoms with E-state index in [2.05, 4.69) is 9.71 Å². The predicted octanol–water partition coefficient (Wildman–Crippen LogP) is 2.42. The number of anilines is 1. The number of aromatic nitrogens is 2. The average molecular weight is 626 g/mol. The van der Waals surface area contributed by atoms with Crippen LogP contribution in [0.25, 0.3) is 0 Å². The number of sulfonamides is 2. The standard InChI is InChI=1S/C26H32ClN5O7S2/c1-17-12-32(18(2)15-33)26(34)22-11-20(29-40(35,36)25-14-30(3)16-28-25)7-10-23(22)39-24(17)13-31(4)41(37,38)21-8-5-19(27)6-9-21/h5-11,14,16-18,24,29,33H,12-13,15H2,1-4H3/t17-,18-,24-/m0/s1. The average Bonchev–Trinajstić information content (AvgIpc) is 3.38. The first-order valence-electron chi connectivity index (χ1n) is 12.7. The predicted molar refractivity (Wildman–Crippen MR) is 153 cm³/mol. The number of carbonyl (C=O) groups excluding carboxylic acids is 1. The Balaban J connectivity index is 1.68. The molecule has 15 heteroatoms. The van der Waals surface area contributed by atoms with E-state index in [4.69, 9.17) is 16.3 Å². The molecule has 1 amide bonds. The summed E-state index contributed by atoms with van der Waals surface area (Å²) in [6, 6.07) is 9.52. The quantitative estimate of drug-likeness (QED) is 0.368. The monoisotopic (exact) mass is 625 g/mol. The number of hydrogen-bond donors (Lipinski definition) is 2. The number of imidazole rings is 1. The second kappa shape index (κ2) is 12.0. The summed E-state index contributed by atoms with van der Waals surface area (Å²) < 4.78 is 63.5.